The minimum absolute atomic E-state index is 0.661. The third kappa shape index (κ3) is 3.62. The maximum Gasteiger partial charge on any atom is -0.0264 e. The molecular formula is C28H50. The summed E-state index contributed by atoms with van der Waals surface area (Å²) in [5, 5.41) is 0. The van der Waals surface area contributed by atoms with Crippen molar-refractivity contribution in [3.8, 4) is 0 Å². The fraction of sp³-hybridized carbons (Fsp3) is 1.00. The molecule has 0 bridgehead atoms. The van der Waals surface area contributed by atoms with Crippen LogP contribution in [0.4, 0.5) is 0 Å². The van der Waals surface area contributed by atoms with Crippen molar-refractivity contribution in [1.82, 2.24) is 0 Å². The van der Waals surface area contributed by atoms with Gasteiger partial charge in [-0.3, -0.25) is 0 Å². The van der Waals surface area contributed by atoms with Crippen molar-refractivity contribution in [2.75, 3.05) is 0 Å². The summed E-state index contributed by atoms with van der Waals surface area (Å²) in [6, 6.07) is 0. The van der Waals surface area contributed by atoms with Crippen LogP contribution in [0.3, 0.4) is 0 Å². The Balaban J connectivity index is 1.49. The van der Waals surface area contributed by atoms with Gasteiger partial charge in [-0.15, -0.1) is 0 Å². The van der Waals surface area contributed by atoms with Crippen molar-refractivity contribution >= 4 is 0 Å². The molecule has 4 fully saturated rings. The molecule has 0 aromatic carbocycles. The molecule has 0 nitrogen and oxygen atoms in total. The second kappa shape index (κ2) is 8.26. The molecule has 162 valence electrons. The summed E-state index contributed by atoms with van der Waals surface area (Å²) < 4.78 is 0. The molecule has 0 N–H and O–H groups in total. The molecule has 0 amide bonds. The molecule has 0 heterocycles. The van der Waals surface area contributed by atoms with Gasteiger partial charge >= 0.3 is 0 Å². The lowest BCUT2D eigenvalue weighted by Crippen LogP contribution is -2.56. The lowest BCUT2D eigenvalue weighted by molar-refractivity contribution is -0.148. The van der Waals surface area contributed by atoms with E-state index in [4.69, 9.17) is 0 Å². The van der Waals surface area contributed by atoms with Crippen LogP contribution in [-0.4, -0.2) is 0 Å². The van der Waals surface area contributed by atoms with Gasteiger partial charge in [0.1, 0.15) is 0 Å². The lowest BCUT2D eigenvalue weighted by atomic mass is 9.41. The van der Waals surface area contributed by atoms with Crippen molar-refractivity contribution in [3.63, 3.8) is 0 Å². The third-order valence-corrected chi connectivity index (χ3v) is 11.0. The number of fused-ring (bicyclic) bond motifs is 5. The van der Waals surface area contributed by atoms with Crippen LogP contribution in [-0.2, 0) is 0 Å². The molecular weight excluding hydrogens is 336 g/mol. The lowest BCUT2D eigenvalue weighted by Gasteiger charge is -2.64. The van der Waals surface area contributed by atoms with Crippen LogP contribution < -0.4 is 0 Å². The van der Waals surface area contributed by atoms with Gasteiger partial charge in [-0.25, -0.2) is 0 Å². The van der Waals surface area contributed by atoms with Crippen LogP contribution in [0.25, 0.3) is 0 Å². The van der Waals surface area contributed by atoms with E-state index >= 15 is 0 Å². The fourth-order valence-electron chi connectivity index (χ4n) is 9.52. The number of rotatable bonds is 5. The fourth-order valence-corrected chi connectivity index (χ4v) is 9.52. The highest BCUT2D eigenvalue weighted by Gasteiger charge is 2.58. The van der Waals surface area contributed by atoms with Crippen LogP contribution in [0, 0.1) is 52.3 Å². The summed E-state index contributed by atoms with van der Waals surface area (Å²) in [6.07, 6.45) is 21.4. The van der Waals surface area contributed by atoms with Crippen LogP contribution in [0.1, 0.15) is 125 Å². The summed E-state index contributed by atoms with van der Waals surface area (Å²) >= 11 is 0. The topological polar surface area (TPSA) is 0 Å². The first-order chi connectivity index (χ1) is 13.4. The molecule has 8 atom stereocenters. The van der Waals surface area contributed by atoms with Gasteiger partial charge in [-0.2, -0.15) is 0 Å². The van der Waals surface area contributed by atoms with Gasteiger partial charge in [0.15, 0.2) is 0 Å². The minimum atomic E-state index is 0.661. The van der Waals surface area contributed by atoms with E-state index in [9.17, 15) is 0 Å². The van der Waals surface area contributed by atoms with Gasteiger partial charge < -0.3 is 0 Å². The summed E-state index contributed by atoms with van der Waals surface area (Å²) in [7, 11) is 0. The number of hydrogen-bond donors (Lipinski definition) is 0. The van der Waals surface area contributed by atoms with E-state index in [1.807, 2.05) is 0 Å². The summed E-state index contributed by atoms with van der Waals surface area (Å²) in [4.78, 5) is 0. The monoisotopic (exact) mass is 386 g/mol. The predicted molar refractivity (Wildman–Crippen MR) is 122 cm³/mol. The van der Waals surface area contributed by atoms with E-state index in [1.165, 1.54) is 44.9 Å². The van der Waals surface area contributed by atoms with E-state index < -0.39 is 0 Å². The second-order valence-corrected chi connectivity index (χ2v) is 12.8. The van der Waals surface area contributed by atoms with E-state index in [1.54, 1.807) is 44.9 Å². The highest BCUT2D eigenvalue weighted by atomic mass is 14.6. The standard InChI is InChI=1S/C28H50/c1-20(2)10-8-11-21(3)24-13-9-14-25-23-16-15-22-12-6-7-18-27(22,4)26(23)17-19-28(24,25)5/h20-26H,6-19H2,1-5H3/t21?,22-,23?,24-,25+,26?,27+,28-/m1/s1. The minimum Gasteiger partial charge on any atom is -0.0628 e. The Labute approximate surface area is 177 Å². The zero-order valence-electron chi connectivity index (χ0n) is 19.9. The van der Waals surface area contributed by atoms with E-state index in [2.05, 4.69) is 34.6 Å². The van der Waals surface area contributed by atoms with E-state index in [0.717, 1.165) is 41.4 Å². The second-order valence-electron chi connectivity index (χ2n) is 12.8. The van der Waals surface area contributed by atoms with Gasteiger partial charge in [0.25, 0.3) is 0 Å². The van der Waals surface area contributed by atoms with Crippen molar-refractivity contribution in [2.45, 2.75) is 125 Å². The zero-order valence-corrected chi connectivity index (χ0v) is 19.9. The van der Waals surface area contributed by atoms with E-state index in [-0.39, 0.29) is 0 Å². The first-order valence-corrected chi connectivity index (χ1v) is 13.4. The summed E-state index contributed by atoms with van der Waals surface area (Å²) in [5.74, 6) is 7.10. The average molecular weight is 387 g/mol. The summed E-state index contributed by atoms with van der Waals surface area (Å²) in [6.45, 7) is 12.9. The Morgan fingerprint density at radius 1 is 0.714 bits per heavy atom. The first kappa shape index (κ1) is 21.2. The molecule has 0 heteroatoms. The quantitative estimate of drug-likeness (QED) is 0.442. The van der Waals surface area contributed by atoms with Gasteiger partial charge in [-0.05, 0) is 104 Å². The molecule has 0 saturated heterocycles. The summed E-state index contributed by atoms with van der Waals surface area (Å²) in [5.41, 5.74) is 1.37. The molecule has 0 aromatic rings. The van der Waals surface area contributed by atoms with Gasteiger partial charge in [0, 0.05) is 0 Å². The van der Waals surface area contributed by atoms with Crippen molar-refractivity contribution in [2.24, 2.45) is 52.3 Å². The molecule has 4 saturated carbocycles. The Morgan fingerprint density at radius 3 is 2.29 bits per heavy atom. The van der Waals surface area contributed by atoms with Crippen molar-refractivity contribution < 1.29 is 0 Å². The molecule has 0 aromatic heterocycles. The van der Waals surface area contributed by atoms with Crippen molar-refractivity contribution in [3.05, 3.63) is 0 Å². The predicted octanol–water partition coefficient (Wildman–Crippen LogP) is 8.89. The largest absolute Gasteiger partial charge is 0.0628 e. The molecule has 4 aliphatic rings. The maximum absolute atomic E-state index is 2.77. The molecule has 28 heavy (non-hydrogen) atoms. The molecule has 3 unspecified atom stereocenters. The Bertz CT molecular complexity index is 520. The Morgan fingerprint density at radius 2 is 1.50 bits per heavy atom. The smallest absolute Gasteiger partial charge is 0.0264 e. The highest BCUT2D eigenvalue weighted by molar-refractivity contribution is 5.08. The molecule has 0 spiro atoms. The molecule has 0 radical (unpaired) electrons. The third-order valence-electron chi connectivity index (χ3n) is 11.0. The van der Waals surface area contributed by atoms with Gasteiger partial charge in [0.05, 0.1) is 0 Å². The first-order valence-electron chi connectivity index (χ1n) is 13.4. The Hall–Kier alpha value is 0. The SMILES string of the molecule is CC(C)CCCC(C)[C@H]1CCC[C@H]2C3CC[C@H]4CCCC[C@]4(C)C3CC[C@]12C. The maximum atomic E-state index is 2.77. The zero-order chi connectivity index (χ0) is 19.9. The molecule has 4 aliphatic carbocycles. The van der Waals surface area contributed by atoms with Crippen LogP contribution in [0.2, 0.25) is 0 Å². The highest BCUT2D eigenvalue weighted by Crippen LogP contribution is 2.67. The molecule has 0 aliphatic heterocycles. The van der Waals surface area contributed by atoms with Crippen molar-refractivity contribution in [1.29, 1.82) is 0 Å². The normalized spacial score (nSPS) is 47.1. The van der Waals surface area contributed by atoms with Gasteiger partial charge in [0.2, 0.25) is 0 Å². The Kier molecular flexibility index (Phi) is 6.27. The molecule has 4 rings (SSSR count). The number of hydrogen-bond acceptors (Lipinski definition) is 0. The van der Waals surface area contributed by atoms with Crippen LogP contribution >= 0.6 is 0 Å². The van der Waals surface area contributed by atoms with Crippen LogP contribution in [0.15, 0.2) is 0 Å². The van der Waals surface area contributed by atoms with Gasteiger partial charge in [-0.1, -0.05) is 73.1 Å². The van der Waals surface area contributed by atoms with E-state index in [0.29, 0.717) is 10.8 Å². The van der Waals surface area contributed by atoms with Crippen LogP contribution in [0.5, 0.6) is 0 Å². The average Bonchev–Trinajstić information content (AvgIpc) is 2.66.